The van der Waals surface area contributed by atoms with Crippen LogP contribution in [0.5, 0.6) is 11.5 Å². The number of rotatable bonds is 8. The Balaban J connectivity index is 0.00000337. The Morgan fingerprint density at radius 2 is 2.05 bits per heavy atom. The number of hydrogen-bond acceptors (Lipinski definition) is 10. The third kappa shape index (κ3) is 6.12. The van der Waals surface area contributed by atoms with E-state index in [1.54, 1.807) is 19.4 Å². The number of benzene rings is 1. The number of aromatic nitrogens is 3. The number of carbonyl (C=O) groups is 1. The number of carbonyl (C=O) groups excluding carboxylic acids is 1. The molecule has 3 aliphatic heterocycles. The smallest absolute Gasteiger partial charge is 0.281 e. The van der Waals surface area contributed by atoms with Gasteiger partial charge in [-0.05, 0) is 37.1 Å². The Hall–Kier alpha value is -3.78. The number of morpholine rings is 1. The predicted octanol–water partition coefficient (Wildman–Crippen LogP) is 0.420. The maximum absolute atomic E-state index is 13.2. The van der Waals surface area contributed by atoms with Crippen molar-refractivity contribution in [2.24, 2.45) is 10.7 Å². The molecule has 2 saturated heterocycles. The van der Waals surface area contributed by atoms with Crippen molar-refractivity contribution in [3.8, 4) is 11.5 Å². The molecule has 2 aromatic heterocycles. The number of ether oxygens (including phenoxy) is 3. The predicted molar refractivity (Wildman–Crippen MR) is 155 cm³/mol. The minimum atomic E-state index is -0.403. The Bertz CT molecular complexity index is 1440. The maximum Gasteiger partial charge on any atom is 0.281 e. The van der Waals surface area contributed by atoms with Crippen LogP contribution in [0, 0.1) is 0 Å². The SMILES string of the molecule is COc1c(OCCCN2CCOCC2)ccc2c3n(c(=NC(=O)c4ccc(N5CC[C@H](N)C5)nc4)nc12)CCN3.O. The highest BCUT2D eigenvalue weighted by Gasteiger charge is 2.22. The van der Waals surface area contributed by atoms with Gasteiger partial charge in [-0.15, -0.1) is 0 Å². The van der Waals surface area contributed by atoms with Crippen LogP contribution >= 0.6 is 0 Å². The first-order chi connectivity index (χ1) is 19.6. The zero-order chi connectivity index (χ0) is 27.5. The molecule has 41 heavy (non-hydrogen) atoms. The fourth-order valence-corrected chi connectivity index (χ4v) is 5.49. The van der Waals surface area contributed by atoms with E-state index >= 15 is 0 Å². The number of hydrogen-bond donors (Lipinski definition) is 2. The molecule has 1 aromatic carbocycles. The standard InChI is InChI=1S/C28H36N8O4.H2O/c1-38-25-22(40-14-2-9-34-12-15-39-16-13-34)5-4-21-24(25)32-28(36-11-8-30-26(21)36)33-27(37)19-3-6-23(31-17-19)35-10-7-20(29)18-35;/h3-6,17,20,30H,2,7-16,18,29H2,1H3;1H2/t20-;/m0./s1. The summed E-state index contributed by atoms with van der Waals surface area (Å²) in [7, 11) is 1.60. The number of amides is 1. The minimum Gasteiger partial charge on any atom is -0.491 e. The molecule has 1 amide bonds. The van der Waals surface area contributed by atoms with Crippen LogP contribution in [0.25, 0.3) is 10.9 Å². The van der Waals surface area contributed by atoms with Crippen molar-refractivity contribution in [3.63, 3.8) is 0 Å². The van der Waals surface area contributed by atoms with E-state index < -0.39 is 5.91 Å². The molecule has 0 unspecified atom stereocenters. The topological polar surface area (TPSA) is 164 Å². The van der Waals surface area contributed by atoms with E-state index in [2.05, 4.69) is 25.1 Å². The van der Waals surface area contributed by atoms with Gasteiger partial charge in [0.1, 0.15) is 17.2 Å². The van der Waals surface area contributed by atoms with E-state index in [0.717, 1.165) is 75.8 Å². The first kappa shape index (κ1) is 28.7. The normalized spacial score (nSPS) is 19.1. The Morgan fingerprint density at radius 3 is 2.78 bits per heavy atom. The molecule has 3 aliphatic rings. The van der Waals surface area contributed by atoms with Crippen molar-refractivity contribution < 1.29 is 24.5 Å². The summed E-state index contributed by atoms with van der Waals surface area (Å²) in [6.45, 7) is 7.99. The van der Waals surface area contributed by atoms with Crippen molar-refractivity contribution in [3.05, 3.63) is 41.6 Å². The van der Waals surface area contributed by atoms with Crippen LogP contribution in [-0.4, -0.2) is 103 Å². The first-order valence-corrected chi connectivity index (χ1v) is 13.9. The van der Waals surface area contributed by atoms with Crippen LogP contribution in [0.15, 0.2) is 35.5 Å². The van der Waals surface area contributed by atoms with Gasteiger partial charge in [-0.25, -0.2) is 9.97 Å². The molecule has 0 aliphatic carbocycles. The number of nitrogens with two attached hydrogens (primary N) is 1. The first-order valence-electron chi connectivity index (χ1n) is 13.9. The number of nitrogens with zero attached hydrogens (tertiary/aromatic N) is 6. The second-order valence-electron chi connectivity index (χ2n) is 10.3. The minimum absolute atomic E-state index is 0. The van der Waals surface area contributed by atoms with Gasteiger partial charge in [0, 0.05) is 63.4 Å². The van der Waals surface area contributed by atoms with Crippen molar-refractivity contribution >= 4 is 28.4 Å². The van der Waals surface area contributed by atoms with Crippen LogP contribution < -0.4 is 31.0 Å². The summed E-state index contributed by atoms with van der Waals surface area (Å²) in [5, 5.41) is 4.30. The van der Waals surface area contributed by atoms with Crippen LogP contribution in [0.2, 0.25) is 0 Å². The summed E-state index contributed by atoms with van der Waals surface area (Å²) in [5.41, 5.74) is 7.34. The quantitative estimate of drug-likeness (QED) is 0.365. The number of methoxy groups -OCH3 is 1. The molecule has 5 heterocycles. The molecule has 2 fully saturated rings. The maximum atomic E-state index is 13.2. The van der Waals surface area contributed by atoms with E-state index in [1.165, 1.54) is 0 Å². The largest absolute Gasteiger partial charge is 0.491 e. The second-order valence-corrected chi connectivity index (χ2v) is 10.3. The lowest BCUT2D eigenvalue weighted by Gasteiger charge is -2.26. The summed E-state index contributed by atoms with van der Waals surface area (Å²) in [6.07, 6.45) is 3.40. The van der Waals surface area contributed by atoms with Crippen molar-refractivity contribution in [2.75, 3.05) is 76.4 Å². The fourth-order valence-electron chi connectivity index (χ4n) is 5.49. The van der Waals surface area contributed by atoms with Gasteiger partial charge < -0.3 is 35.6 Å². The van der Waals surface area contributed by atoms with Crippen LogP contribution in [0.4, 0.5) is 11.6 Å². The number of pyridine rings is 1. The molecule has 0 spiro atoms. The van der Waals surface area contributed by atoms with Crippen LogP contribution in [0.3, 0.4) is 0 Å². The molecule has 0 saturated carbocycles. The van der Waals surface area contributed by atoms with Gasteiger partial charge in [-0.3, -0.25) is 14.3 Å². The van der Waals surface area contributed by atoms with Gasteiger partial charge >= 0.3 is 0 Å². The van der Waals surface area contributed by atoms with E-state index in [1.807, 2.05) is 22.8 Å². The highest BCUT2D eigenvalue weighted by atomic mass is 16.5. The van der Waals surface area contributed by atoms with Crippen molar-refractivity contribution in [1.29, 1.82) is 0 Å². The summed E-state index contributed by atoms with van der Waals surface area (Å²) < 4.78 is 19.3. The van der Waals surface area contributed by atoms with Gasteiger partial charge in [-0.2, -0.15) is 4.99 Å². The van der Waals surface area contributed by atoms with Gasteiger partial charge in [0.15, 0.2) is 11.5 Å². The third-order valence-electron chi connectivity index (χ3n) is 7.63. The molecule has 5 N–H and O–H groups in total. The van der Waals surface area contributed by atoms with Crippen molar-refractivity contribution in [1.82, 2.24) is 19.4 Å². The van der Waals surface area contributed by atoms with Crippen LogP contribution in [-0.2, 0) is 11.3 Å². The van der Waals surface area contributed by atoms with Crippen molar-refractivity contribution in [2.45, 2.75) is 25.4 Å². The highest BCUT2D eigenvalue weighted by Crippen LogP contribution is 2.37. The molecular formula is C28H38N8O5. The second kappa shape index (κ2) is 12.8. The van der Waals surface area contributed by atoms with E-state index in [-0.39, 0.29) is 11.5 Å². The number of fused-ring (bicyclic) bond motifs is 3. The monoisotopic (exact) mass is 566 g/mol. The fraction of sp³-hybridized carbons (Fsp3) is 0.500. The zero-order valence-corrected chi connectivity index (χ0v) is 23.3. The molecule has 6 rings (SSSR count). The molecular weight excluding hydrogens is 528 g/mol. The summed E-state index contributed by atoms with van der Waals surface area (Å²) in [5.74, 6) is 2.41. The molecule has 220 valence electrons. The highest BCUT2D eigenvalue weighted by molar-refractivity contribution is 5.96. The lowest BCUT2D eigenvalue weighted by Crippen LogP contribution is -2.37. The van der Waals surface area contributed by atoms with E-state index in [0.29, 0.717) is 47.9 Å². The molecule has 13 heteroatoms. The third-order valence-corrected chi connectivity index (χ3v) is 7.63. The van der Waals surface area contributed by atoms with Gasteiger partial charge in [0.2, 0.25) is 5.62 Å². The number of nitrogens with one attached hydrogen (secondary N) is 1. The Labute approximate surface area is 238 Å². The Kier molecular flexibility index (Phi) is 8.98. The zero-order valence-electron chi connectivity index (χ0n) is 23.3. The van der Waals surface area contributed by atoms with E-state index in [9.17, 15) is 4.79 Å². The molecule has 13 nitrogen and oxygen atoms in total. The number of anilines is 2. The van der Waals surface area contributed by atoms with Gasteiger partial charge in [0.05, 0.1) is 32.5 Å². The molecule has 3 aromatic rings. The lowest BCUT2D eigenvalue weighted by atomic mass is 10.2. The molecule has 0 bridgehead atoms. The van der Waals surface area contributed by atoms with E-state index in [4.69, 9.17) is 24.9 Å². The summed E-state index contributed by atoms with van der Waals surface area (Å²) >= 11 is 0. The average Bonchev–Trinajstić information content (AvgIpc) is 3.66. The molecule has 0 radical (unpaired) electrons. The lowest BCUT2D eigenvalue weighted by molar-refractivity contribution is 0.0357. The summed E-state index contributed by atoms with van der Waals surface area (Å²) in [6, 6.07) is 7.65. The molecule has 1 atom stereocenters. The average molecular weight is 567 g/mol. The van der Waals surface area contributed by atoms with Gasteiger partial charge in [-0.1, -0.05) is 0 Å². The Morgan fingerprint density at radius 1 is 1.20 bits per heavy atom. The van der Waals surface area contributed by atoms with Gasteiger partial charge in [0.25, 0.3) is 5.91 Å². The summed E-state index contributed by atoms with van der Waals surface area (Å²) in [4.78, 5) is 31.4. The van der Waals surface area contributed by atoms with Crippen LogP contribution in [0.1, 0.15) is 23.2 Å².